The molecule has 1 fully saturated rings. The molecule has 1 aromatic rings. The minimum atomic E-state index is 0.368. The quantitative estimate of drug-likeness (QED) is 0.820. The van der Waals surface area contributed by atoms with Crippen molar-refractivity contribution < 1.29 is 4.74 Å². The topological polar surface area (TPSA) is 35.2 Å². The second-order valence-electron chi connectivity index (χ2n) is 4.27. The number of benzene rings is 1. The fraction of sp³-hybridized carbons (Fsp3) is 0.538. The Bertz CT molecular complexity index is 307. The Kier molecular flexibility index (Phi) is 3.27. The Morgan fingerprint density at radius 2 is 2.00 bits per heavy atom. The zero-order chi connectivity index (χ0) is 10.7. The van der Waals surface area contributed by atoms with Gasteiger partial charge in [-0.1, -0.05) is 19.1 Å². The maximum absolute atomic E-state index is 5.94. The maximum Gasteiger partial charge on any atom is 0.119 e. The van der Waals surface area contributed by atoms with Gasteiger partial charge in [-0.15, -0.1) is 0 Å². The largest absolute Gasteiger partial charge is 0.494 e. The summed E-state index contributed by atoms with van der Waals surface area (Å²) < 4.78 is 5.54. The maximum atomic E-state index is 5.94. The molecule has 0 radical (unpaired) electrons. The van der Waals surface area contributed by atoms with Gasteiger partial charge in [-0.3, -0.25) is 0 Å². The first-order valence-corrected chi connectivity index (χ1v) is 5.79. The van der Waals surface area contributed by atoms with Crippen molar-refractivity contribution in [3.8, 4) is 5.75 Å². The molecule has 15 heavy (non-hydrogen) atoms. The van der Waals surface area contributed by atoms with E-state index in [9.17, 15) is 0 Å². The van der Waals surface area contributed by atoms with E-state index in [0.29, 0.717) is 12.0 Å². The minimum absolute atomic E-state index is 0.368. The van der Waals surface area contributed by atoms with E-state index in [1.165, 1.54) is 18.4 Å². The van der Waals surface area contributed by atoms with Crippen LogP contribution in [-0.2, 0) is 0 Å². The summed E-state index contributed by atoms with van der Waals surface area (Å²) in [6.07, 6.45) is 3.45. The van der Waals surface area contributed by atoms with Crippen LogP contribution in [-0.4, -0.2) is 12.6 Å². The lowest BCUT2D eigenvalue weighted by Crippen LogP contribution is -2.37. The number of rotatable bonds is 4. The lowest BCUT2D eigenvalue weighted by Gasteiger charge is -2.33. The van der Waals surface area contributed by atoms with Crippen molar-refractivity contribution in [1.29, 1.82) is 0 Å². The van der Waals surface area contributed by atoms with Crippen LogP contribution in [0.4, 0.5) is 0 Å². The molecule has 0 bridgehead atoms. The molecule has 2 rings (SSSR count). The van der Waals surface area contributed by atoms with Gasteiger partial charge in [-0.2, -0.15) is 0 Å². The molecule has 0 amide bonds. The third kappa shape index (κ3) is 2.32. The highest BCUT2D eigenvalue weighted by atomic mass is 16.5. The highest BCUT2D eigenvalue weighted by Crippen LogP contribution is 2.35. The van der Waals surface area contributed by atoms with E-state index in [4.69, 9.17) is 10.5 Å². The van der Waals surface area contributed by atoms with Crippen LogP contribution >= 0.6 is 0 Å². The zero-order valence-corrected chi connectivity index (χ0v) is 9.28. The summed E-state index contributed by atoms with van der Waals surface area (Å²) in [5.74, 6) is 1.54. The molecule has 0 heterocycles. The molecule has 2 nitrogen and oxygen atoms in total. The van der Waals surface area contributed by atoms with Crippen LogP contribution in [0.5, 0.6) is 5.75 Å². The fourth-order valence-electron chi connectivity index (χ4n) is 1.97. The molecule has 2 N–H and O–H groups in total. The average molecular weight is 205 g/mol. The van der Waals surface area contributed by atoms with Crippen LogP contribution < -0.4 is 10.5 Å². The molecule has 2 atom stereocenters. The van der Waals surface area contributed by atoms with E-state index in [1.807, 2.05) is 0 Å². The van der Waals surface area contributed by atoms with Crippen LogP contribution in [0.25, 0.3) is 0 Å². The van der Waals surface area contributed by atoms with Crippen molar-refractivity contribution in [3.63, 3.8) is 0 Å². The highest BCUT2D eigenvalue weighted by Gasteiger charge is 2.28. The van der Waals surface area contributed by atoms with Crippen molar-refractivity contribution in [2.24, 2.45) is 5.73 Å². The standard InChI is InChI=1S/C13H19NO/c1-2-9-15-11-5-3-10(4-6-11)12-7-8-13(12)14/h3-6,12-13H,2,7-9,14H2,1H3. The normalized spacial score (nSPS) is 24.7. The second-order valence-corrected chi connectivity index (χ2v) is 4.27. The van der Waals surface area contributed by atoms with Gasteiger partial charge in [-0.25, -0.2) is 0 Å². The van der Waals surface area contributed by atoms with Crippen LogP contribution in [0.3, 0.4) is 0 Å². The minimum Gasteiger partial charge on any atom is -0.494 e. The number of nitrogens with two attached hydrogens (primary N) is 1. The SMILES string of the molecule is CCCOc1ccc(C2CCC2N)cc1. The molecule has 0 aliphatic heterocycles. The van der Waals surface area contributed by atoms with Crippen LogP contribution in [0.2, 0.25) is 0 Å². The summed E-state index contributed by atoms with van der Waals surface area (Å²) in [4.78, 5) is 0. The summed E-state index contributed by atoms with van der Waals surface area (Å²) >= 11 is 0. The lowest BCUT2D eigenvalue weighted by molar-refractivity contribution is 0.316. The van der Waals surface area contributed by atoms with E-state index in [2.05, 4.69) is 31.2 Å². The molecule has 0 spiro atoms. The first kappa shape index (κ1) is 10.5. The Morgan fingerprint density at radius 1 is 1.27 bits per heavy atom. The Morgan fingerprint density at radius 3 is 2.47 bits per heavy atom. The molecule has 0 aromatic heterocycles. The van der Waals surface area contributed by atoms with Gasteiger partial charge in [0.25, 0.3) is 0 Å². The van der Waals surface area contributed by atoms with Gasteiger partial charge in [-0.05, 0) is 42.9 Å². The average Bonchev–Trinajstić information content (AvgIpc) is 2.26. The summed E-state index contributed by atoms with van der Waals surface area (Å²) in [5, 5.41) is 0. The van der Waals surface area contributed by atoms with Crippen molar-refractivity contribution in [2.45, 2.75) is 38.1 Å². The Labute approximate surface area is 91.4 Å². The van der Waals surface area contributed by atoms with E-state index >= 15 is 0 Å². The van der Waals surface area contributed by atoms with E-state index in [-0.39, 0.29) is 0 Å². The first-order valence-electron chi connectivity index (χ1n) is 5.79. The Hall–Kier alpha value is -1.02. The van der Waals surface area contributed by atoms with Crippen LogP contribution in [0.15, 0.2) is 24.3 Å². The smallest absolute Gasteiger partial charge is 0.119 e. The van der Waals surface area contributed by atoms with Crippen molar-refractivity contribution >= 4 is 0 Å². The number of ether oxygens (including phenoxy) is 1. The molecule has 2 heteroatoms. The molecule has 1 aromatic carbocycles. The predicted octanol–water partition coefficient (Wildman–Crippen LogP) is 2.68. The van der Waals surface area contributed by atoms with E-state index in [0.717, 1.165) is 18.8 Å². The van der Waals surface area contributed by atoms with Gasteiger partial charge in [0.2, 0.25) is 0 Å². The van der Waals surface area contributed by atoms with Gasteiger partial charge in [0.15, 0.2) is 0 Å². The molecule has 1 aliphatic carbocycles. The predicted molar refractivity (Wildman–Crippen MR) is 62.2 cm³/mol. The van der Waals surface area contributed by atoms with Crippen LogP contribution in [0.1, 0.15) is 37.7 Å². The molecule has 1 saturated carbocycles. The fourth-order valence-corrected chi connectivity index (χ4v) is 1.97. The Balaban J connectivity index is 1.97. The second kappa shape index (κ2) is 4.67. The van der Waals surface area contributed by atoms with E-state index < -0.39 is 0 Å². The first-order chi connectivity index (χ1) is 7.31. The van der Waals surface area contributed by atoms with Crippen LogP contribution in [0, 0.1) is 0 Å². The molecular weight excluding hydrogens is 186 g/mol. The third-order valence-corrected chi connectivity index (χ3v) is 3.11. The highest BCUT2D eigenvalue weighted by molar-refractivity contribution is 5.31. The van der Waals surface area contributed by atoms with Crippen molar-refractivity contribution in [1.82, 2.24) is 0 Å². The van der Waals surface area contributed by atoms with Gasteiger partial charge in [0, 0.05) is 6.04 Å². The molecular formula is C13H19NO. The van der Waals surface area contributed by atoms with Gasteiger partial charge in [0.1, 0.15) is 5.75 Å². The van der Waals surface area contributed by atoms with Crippen molar-refractivity contribution in [3.05, 3.63) is 29.8 Å². The summed E-state index contributed by atoms with van der Waals surface area (Å²) in [5.41, 5.74) is 7.30. The molecule has 82 valence electrons. The van der Waals surface area contributed by atoms with Gasteiger partial charge in [0.05, 0.1) is 6.61 Å². The molecule has 0 saturated heterocycles. The number of hydrogen-bond donors (Lipinski definition) is 1. The van der Waals surface area contributed by atoms with Gasteiger partial charge < -0.3 is 10.5 Å². The summed E-state index contributed by atoms with van der Waals surface area (Å²) in [7, 11) is 0. The number of hydrogen-bond acceptors (Lipinski definition) is 2. The molecule has 1 aliphatic rings. The molecule has 2 unspecified atom stereocenters. The zero-order valence-electron chi connectivity index (χ0n) is 9.28. The third-order valence-electron chi connectivity index (χ3n) is 3.11. The monoisotopic (exact) mass is 205 g/mol. The van der Waals surface area contributed by atoms with Gasteiger partial charge >= 0.3 is 0 Å². The lowest BCUT2D eigenvalue weighted by atomic mass is 9.76. The van der Waals surface area contributed by atoms with Crippen molar-refractivity contribution in [2.75, 3.05) is 6.61 Å². The van der Waals surface area contributed by atoms with E-state index in [1.54, 1.807) is 0 Å². The summed E-state index contributed by atoms with van der Waals surface area (Å²) in [6, 6.07) is 8.77. The summed E-state index contributed by atoms with van der Waals surface area (Å²) in [6.45, 7) is 2.91.